The van der Waals surface area contributed by atoms with Gasteiger partial charge in [-0.3, -0.25) is 9.69 Å². The summed E-state index contributed by atoms with van der Waals surface area (Å²) in [6, 6.07) is 11.8. The second-order valence-electron chi connectivity index (χ2n) is 6.36. The van der Waals surface area contributed by atoms with Crippen LogP contribution in [0.1, 0.15) is 31.2 Å². The fourth-order valence-corrected chi connectivity index (χ4v) is 3.22. The van der Waals surface area contributed by atoms with Crippen molar-refractivity contribution in [3.8, 4) is 0 Å². The van der Waals surface area contributed by atoms with Crippen LogP contribution in [0, 0.1) is 6.92 Å². The number of aryl methyl sites for hydroxylation is 2. The second-order valence-corrected chi connectivity index (χ2v) is 6.36. The summed E-state index contributed by atoms with van der Waals surface area (Å²) in [7, 11) is 0. The topological polar surface area (TPSA) is 62.5 Å². The molecule has 0 bridgehead atoms. The van der Waals surface area contributed by atoms with Crippen molar-refractivity contribution >= 4 is 28.7 Å². The van der Waals surface area contributed by atoms with Crippen LogP contribution in [-0.2, 0) is 11.2 Å². The number of fused-ring (bicyclic) bond motifs is 2. The van der Waals surface area contributed by atoms with Crippen LogP contribution in [0.15, 0.2) is 36.4 Å². The standard InChI is InChI=1S/C19H21N5O/c1-3-4-7-14-11-17-21-13(2)10-18(24(17)22-14)23-16-9-6-5-8-15(16)20-12-19(23)25/h5-6,8-11,20H,3-4,7,12H2,1-2H3. The van der Waals surface area contributed by atoms with E-state index in [1.54, 1.807) is 9.42 Å². The van der Waals surface area contributed by atoms with E-state index in [1.165, 1.54) is 0 Å². The maximum Gasteiger partial charge on any atom is 0.252 e. The van der Waals surface area contributed by atoms with E-state index in [9.17, 15) is 4.79 Å². The van der Waals surface area contributed by atoms with Gasteiger partial charge in [0, 0.05) is 17.8 Å². The molecule has 4 rings (SSSR count). The van der Waals surface area contributed by atoms with Gasteiger partial charge < -0.3 is 5.32 Å². The predicted molar refractivity (Wildman–Crippen MR) is 98.4 cm³/mol. The molecule has 1 N–H and O–H groups in total. The minimum absolute atomic E-state index is 0.00351. The van der Waals surface area contributed by atoms with Gasteiger partial charge in [0.25, 0.3) is 5.91 Å². The number of hydrogen-bond acceptors (Lipinski definition) is 4. The van der Waals surface area contributed by atoms with Crippen molar-refractivity contribution in [1.82, 2.24) is 14.6 Å². The number of amides is 1. The van der Waals surface area contributed by atoms with Crippen molar-refractivity contribution < 1.29 is 4.79 Å². The molecular weight excluding hydrogens is 314 g/mol. The maximum atomic E-state index is 12.7. The van der Waals surface area contributed by atoms with Crippen LogP contribution in [0.4, 0.5) is 17.2 Å². The zero-order chi connectivity index (χ0) is 17.4. The lowest BCUT2D eigenvalue weighted by Gasteiger charge is -2.30. The SMILES string of the molecule is CCCCc1cc2nc(C)cc(N3C(=O)CNc4ccccc43)n2n1. The highest BCUT2D eigenvalue weighted by Gasteiger charge is 2.27. The van der Waals surface area contributed by atoms with Crippen molar-refractivity contribution in [2.24, 2.45) is 0 Å². The first-order valence-corrected chi connectivity index (χ1v) is 8.69. The van der Waals surface area contributed by atoms with Gasteiger partial charge in [-0.1, -0.05) is 25.5 Å². The van der Waals surface area contributed by atoms with Gasteiger partial charge in [-0.15, -0.1) is 0 Å². The minimum Gasteiger partial charge on any atom is -0.374 e. The van der Waals surface area contributed by atoms with Crippen molar-refractivity contribution in [2.75, 3.05) is 16.8 Å². The summed E-state index contributed by atoms with van der Waals surface area (Å²) in [6.45, 7) is 4.38. The molecule has 6 nitrogen and oxygen atoms in total. The van der Waals surface area contributed by atoms with Crippen LogP contribution in [-0.4, -0.2) is 27.0 Å². The number of unbranched alkanes of at least 4 members (excludes halogenated alkanes) is 1. The molecule has 2 aromatic heterocycles. The highest BCUT2D eigenvalue weighted by Crippen LogP contribution is 2.35. The molecule has 0 radical (unpaired) electrons. The number of carbonyl (C=O) groups excluding carboxylic acids is 1. The van der Waals surface area contributed by atoms with Gasteiger partial charge in [0.1, 0.15) is 5.82 Å². The average Bonchev–Trinajstić information content (AvgIpc) is 3.02. The van der Waals surface area contributed by atoms with Gasteiger partial charge in [0.05, 0.1) is 23.6 Å². The highest BCUT2D eigenvalue weighted by atomic mass is 16.2. The van der Waals surface area contributed by atoms with Crippen LogP contribution in [0.2, 0.25) is 0 Å². The Kier molecular flexibility index (Phi) is 3.87. The fraction of sp³-hybridized carbons (Fsp3) is 0.316. The molecule has 1 aliphatic rings. The summed E-state index contributed by atoms with van der Waals surface area (Å²) in [6.07, 6.45) is 3.13. The van der Waals surface area contributed by atoms with Gasteiger partial charge in [0.2, 0.25) is 0 Å². The third-order valence-corrected chi connectivity index (χ3v) is 4.43. The number of nitrogens with zero attached hydrogens (tertiary/aromatic N) is 4. The Labute approximate surface area is 146 Å². The molecule has 0 saturated carbocycles. The maximum absolute atomic E-state index is 12.7. The Morgan fingerprint density at radius 2 is 2.08 bits per heavy atom. The van der Waals surface area contributed by atoms with E-state index in [1.807, 2.05) is 43.3 Å². The summed E-state index contributed by atoms with van der Waals surface area (Å²) < 4.78 is 1.79. The summed E-state index contributed by atoms with van der Waals surface area (Å²) in [5.41, 5.74) is 4.45. The first-order valence-electron chi connectivity index (χ1n) is 8.69. The highest BCUT2D eigenvalue weighted by molar-refractivity contribution is 6.07. The number of benzene rings is 1. The van der Waals surface area contributed by atoms with E-state index >= 15 is 0 Å². The lowest BCUT2D eigenvalue weighted by molar-refractivity contribution is -0.116. The molecule has 6 heteroatoms. The summed E-state index contributed by atoms with van der Waals surface area (Å²) in [4.78, 5) is 19.0. The van der Waals surface area contributed by atoms with E-state index in [2.05, 4.69) is 17.2 Å². The molecule has 3 heterocycles. The molecule has 25 heavy (non-hydrogen) atoms. The summed E-state index contributed by atoms with van der Waals surface area (Å²) >= 11 is 0. The van der Waals surface area contributed by atoms with Gasteiger partial charge in [-0.05, 0) is 31.9 Å². The first kappa shape index (κ1) is 15.6. The lowest BCUT2D eigenvalue weighted by Crippen LogP contribution is -2.37. The van der Waals surface area contributed by atoms with Crippen molar-refractivity contribution in [2.45, 2.75) is 33.1 Å². The summed E-state index contributed by atoms with van der Waals surface area (Å²) in [5.74, 6) is 0.736. The molecule has 0 unspecified atom stereocenters. The van der Waals surface area contributed by atoms with Gasteiger partial charge in [-0.2, -0.15) is 9.61 Å². The molecule has 1 aromatic carbocycles. The van der Waals surface area contributed by atoms with Crippen LogP contribution in [0.25, 0.3) is 5.65 Å². The van der Waals surface area contributed by atoms with Crippen molar-refractivity contribution in [3.05, 3.63) is 47.8 Å². The van der Waals surface area contributed by atoms with Gasteiger partial charge >= 0.3 is 0 Å². The Balaban J connectivity index is 1.88. The Morgan fingerprint density at radius 3 is 2.92 bits per heavy atom. The van der Waals surface area contributed by atoms with Crippen LogP contribution >= 0.6 is 0 Å². The second kappa shape index (κ2) is 6.20. The van der Waals surface area contributed by atoms with Crippen molar-refractivity contribution in [3.63, 3.8) is 0 Å². The smallest absolute Gasteiger partial charge is 0.252 e. The molecule has 0 fully saturated rings. The number of hydrogen-bond donors (Lipinski definition) is 1. The quantitative estimate of drug-likeness (QED) is 0.793. The van der Waals surface area contributed by atoms with Crippen LogP contribution < -0.4 is 10.2 Å². The van der Waals surface area contributed by atoms with E-state index in [4.69, 9.17) is 5.10 Å². The van der Waals surface area contributed by atoms with Crippen molar-refractivity contribution in [1.29, 1.82) is 0 Å². The normalized spacial score (nSPS) is 13.8. The summed E-state index contributed by atoms with van der Waals surface area (Å²) in [5, 5.41) is 7.89. The third kappa shape index (κ3) is 2.73. The lowest BCUT2D eigenvalue weighted by atomic mass is 10.2. The largest absolute Gasteiger partial charge is 0.374 e. The average molecular weight is 335 g/mol. The Morgan fingerprint density at radius 1 is 1.24 bits per heavy atom. The van der Waals surface area contributed by atoms with E-state index in [0.29, 0.717) is 0 Å². The molecule has 128 valence electrons. The van der Waals surface area contributed by atoms with E-state index in [-0.39, 0.29) is 12.5 Å². The predicted octanol–water partition coefficient (Wildman–Crippen LogP) is 3.47. The number of nitrogens with one attached hydrogen (secondary N) is 1. The van der Waals surface area contributed by atoms with Gasteiger partial charge in [-0.25, -0.2) is 4.98 Å². The van der Waals surface area contributed by atoms with Crippen LogP contribution in [0.3, 0.4) is 0 Å². The molecular formula is C19H21N5O. The zero-order valence-corrected chi connectivity index (χ0v) is 14.5. The monoisotopic (exact) mass is 335 g/mol. The molecule has 0 saturated heterocycles. The Bertz CT molecular complexity index is 946. The van der Waals surface area contributed by atoms with E-state index < -0.39 is 0 Å². The number of carbonyl (C=O) groups is 1. The molecule has 1 amide bonds. The molecule has 0 aliphatic carbocycles. The molecule has 3 aromatic rings. The fourth-order valence-electron chi connectivity index (χ4n) is 3.22. The van der Waals surface area contributed by atoms with Crippen LogP contribution in [0.5, 0.6) is 0 Å². The number of rotatable bonds is 4. The Hall–Kier alpha value is -2.89. The minimum atomic E-state index is -0.00351. The number of anilines is 3. The molecule has 0 atom stereocenters. The number of para-hydroxylation sites is 2. The molecule has 1 aliphatic heterocycles. The number of aromatic nitrogens is 3. The third-order valence-electron chi connectivity index (χ3n) is 4.43. The first-order chi connectivity index (χ1) is 12.2. The molecule has 0 spiro atoms. The zero-order valence-electron chi connectivity index (χ0n) is 14.5. The van der Waals surface area contributed by atoms with Gasteiger partial charge in [0.15, 0.2) is 5.65 Å². The van der Waals surface area contributed by atoms with E-state index in [0.717, 1.165) is 53.5 Å².